The largest absolute Gasteiger partial charge is 0.497 e. The number of rotatable bonds is 5. The maximum Gasteiger partial charge on any atom is 0.119 e. The Morgan fingerprint density at radius 1 is 1.21 bits per heavy atom. The van der Waals surface area contributed by atoms with Gasteiger partial charge < -0.3 is 10.5 Å². The van der Waals surface area contributed by atoms with Crippen LogP contribution in [0.2, 0.25) is 0 Å². The third-order valence-corrected chi connectivity index (χ3v) is 4.52. The van der Waals surface area contributed by atoms with E-state index in [4.69, 9.17) is 10.5 Å². The van der Waals surface area contributed by atoms with Gasteiger partial charge in [0.25, 0.3) is 0 Å². The lowest BCUT2D eigenvalue weighted by molar-refractivity contribution is 0.414. The maximum absolute atomic E-state index is 5.91. The van der Waals surface area contributed by atoms with Gasteiger partial charge in [0.2, 0.25) is 0 Å². The van der Waals surface area contributed by atoms with Gasteiger partial charge in [0.15, 0.2) is 0 Å². The van der Waals surface area contributed by atoms with Crippen molar-refractivity contribution in [3.05, 3.63) is 58.6 Å². The molecule has 2 N–H and O–H groups in total. The first-order valence-corrected chi connectivity index (χ1v) is 7.66. The fraction of sp³-hybridized carbons (Fsp3) is 0.200. The Kier molecular flexibility index (Phi) is 5.31. The maximum atomic E-state index is 5.91. The van der Waals surface area contributed by atoms with Crippen LogP contribution in [0.5, 0.6) is 5.75 Å². The number of thioether (sulfide) groups is 1. The number of nitrogens with two attached hydrogens (primary N) is 1. The predicted octanol–water partition coefficient (Wildman–Crippen LogP) is 4.25. The average molecular weight is 338 g/mol. The van der Waals surface area contributed by atoms with Crippen molar-refractivity contribution >= 4 is 27.7 Å². The Labute approximate surface area is 126 Å². The van der Waals surface area contributed by atoms with E-state index in [-0.39, 0.29) is 5.25 Å². The van der Waals surface area contributed by atoms with Gasteiger partial charge in [-0.15, -0.1) is 11.8 Å². The molecule has 1 unspecified atom stereocenters. The first-order chi connectivity index (χ1) is 9.22. The summed E-state index contributed by atoms with van der Waals surface area (Å²) in [5.41, 5.74) is 7.10. The lowest BCUT2D eigenvalue weighted by atomic mass is 10.1. The molecule has 4 heteroatoms. The zero-order chi connectivity index (χ0) is 13.7. The molecule has 2 aromatic carbocycles. The van der Waals surface area contributed by atoms with Gasteiger partial charge in [0.1, 0.15) is 5.75 Å². The molecule has 0 heterocycles. The van der Waals surface area contributed by atoms with Crippen LogP contribution in [0.3, 0.4) is 0 Å². The van der Waals surface area contributed by atoms with Crippen LogP contribution in [0.25, 0.3) is 0 Å². The summed E-state index contributed by atoms with van der Waals surface area (Å²) in [5.74, 6) is 0.866. The summed E-state index contributed by atoms with van der Waals surface area (Å²) in [6.07, 6.45) is 0. The molecule has 0 spiro atoms. The normalized spacial score (nSPS) is 12.2. The fourth-order valence-electron chi connectivity index (χ4n) is 1.80. The quantitative estimate of drug-likeness (QED) is 0.828. The van der Waals surface area contributed by atoms with Crippen molar-refractivity contribution in [1.29, 1.82) is 0 Å². The molecule has 100 valence electrons. The SMILES string of the molecule is COc1cccc(C(CN)Sc2cccc(Br)c2)c1. The van der Waals surface area contributed by atoms with Crippen LogP contribution in [-0.2, 0) is 0 Å². The highest BCUT2D eigenvalue weighted by molar-refractivity contribution is 9.10. The van der Waals surface area contributed by atoms with E-state index >= 15 is 0 Å². The molecular formula is C15H16BrNOS. The van der Waals surface area contributed by atoms with Crippen LogP contribution in [0, 0.1) is 0 Å². The lowest BCUT2D eigenvalue weighted by Gasteiger charge is -2.16. The van der Waals surface area contributed by atoms with Crippen molar-refractivity contribution < 1.29 is 4.74 Å². The molecule has 0 aliphatic heterocycles. The minimum atomic E-state index is 0.226. The van der Waals surface area contributed by atoms with Crippen LogP contribution in [0.15, 0.2) is 57.9 Å². The Morgan fingerprint density at radius 2 is 2.00 bits per heavy atom. The molecule has 0 aliphatic rings. The molecule has 0 amide bonds. The first-order valence-electron chi connectivity index (χ1n) is 5.99. The van der Waals surface area contributed by atoms with Crippen molar-refractivity contribution in [2.45, 2.75) is 10.1 Å². The molecular weight excluding hydrogens is 322 g/mol. The predicted molar refractivity (Wildman–Crippen MR) is 84.8 cm³/mol. The summed E-state index contributed by atoms with van der Waals surface area (Å²) in [5, 5.41) is 0.226. The summed E-state index contributed by atoms with van der Waals surface area (Å²) in [4.78, 5) is 1.20. The van der Waals surface area contributed by atoms with Crippen LogP contribution in [-0.4, -0.2) is 13.7 Å². The van der Waals surface area contributed by atoms with Crippen molar-refractivity contribution in [2.24, 2.45) is 5.73 Å². The molecule has 2 rings (SSSR count). The second-order valence-electron chi connectivity index (χ2n) is 4.08. The van der Waals surface area contributed by atoms with Crippen LogP contribution >= 0.6 is 27.7 Å². The van der Waals surface area contributed by atoms with Crippen LogP contribution in [0.1, 0.15) is 10.8 Å². The topological polar surface area (TPSA) is 35.2 Å². The average Bonchev–Trinajstić information content (AvgIpc) is 2.45. The van der Waals surface area contributed by atoms with Crippen molar-refractivity contribution in [3.63, 3.8) is 0 Å². The minimum Gasteiger partial charge on any atom is -0.497 e. The van der Waals surface area contributed by atoms with Gasteiger partial charge in [-0.2, -0.15) is 0 Å². The molecule has 0 aromatic heterocycles. The highest BCUT2D eigenvalue weighted by Crippen LogP contribution is 2.36. The number of hydrogen-bond donors (Lipinski definition) is 1. The van der Waals surface area contributed by atoms with E-state index < -0.39 is 0 Å². The summed E-state index contributed by atoms with van der Waals surface area (Å²) in [7, 11) is 1.68. The molecule has 19 heavy (non-hydrogen) atoms. The van der Waals surface area contributed by atoms with Gasteiger partial charge in [-0.25, -0.2) is 0 Å². The number of methoxy groups -OCH3 is 1. The molecule has 0 bridgehead atoms. The summed E-state index contributed by atoms with van der Waals surface area (Å²) in [6.45, 7) is 0.588. The summed E-state index contributed by atoms with van der Waals surface area (Å²) in [6, 6.07) is 16.3. The van der Waals surface area contributed by atoms with Crippen molar-refractivity contribution in [2.75, 3.05) is 13.7 Å². The zero-order valence-corrected chi connectivity index (χ0v) is 13.1. The third kappa shape index (κ3) is 4.00. The molecule has 0 radical (unpaired) electrons. The Hall–Kier alpha value is -0.970. The van der Waals surface area contributed by atoms with Crippen molar-refractivity contribution in [3.8, 4) is 5.75 Å². The van der Waals surface area contributed by atoms with Crippen molar-refractivity contribution in [1.82, 2.24) is 0 Å². The Balaban J connectivity index is 2.19. The van der Waals surface area contributed by atoms with Gasteiger partial charge in [0.05, 0.1) is 7.11 Å². The first kappa shape index (κ1) is 14.4. The van der Waals surface area contributed by atoms with Gasteiger partial charge in [0, 0.05) is 21.2 Å². The van der Waals surface area contributed by atoms with E-state index in [2.05, 4.69) is 34.1 Å². The second-order valence-corrected chi connectivity index (χ2v) is 6.27. The van der Waals surface area contributed by atoms with Gasteiger partial charge in [-0.3, -0.25) is 0 Å². The molecule has 0 saturated heterocycles. The standard InChI is InChI=1S/C15H16BrNOS/c1-18-13-6-2-4-11(8-13)15(10-17)19-14-7-3-5-12(16)9-14/h2-9,15H,10,17H2,1H3. The highest BCUT2D eigenvalue weighted by atomic mass is 79.9. The number of hydrogen-bond acceptors (Lipinski definition) is 3. The van der Waals surface area contributed by atoms with Gasteiger partial charge >= 0.3 is 0 Å². The fourth-order valence-corrected chi connectivity index (χ4v) is 3.41. The van der Waals surface area contributed by atoms with E-state index in [0.29, 0.717) is 6.54 Å². The van der Waals surface area contributed by atoms with Gasteiger partial charge in [-0.05, 0) is 35.9 Å². The van der Waals surface area contributed by atoms with E-state index in [9.17, 15) is 0 Å². The smallest absolute Gasteiger partial charge is 0.119 e. The van der Waals surface area contributed by atoms with Gasteiger partial charge in [-0.1, -0.05) is 34.1 Å². The molecule has 1 atom stereocenters. The molecule has 2 aromatic rings. The third-order valence-electron chi connectivity index (χ3n) is 2.75. The molecule has 0 fully saturated rings. The van der Waals surface area contributed by atoms with E-state index in [1.807, 2.05) is 30.3 Å². The minimum absolute atomic E-state index is 0.226. The number of halogens is 1. The van der Waals surface area contributed by atoms with Crippen LogP contribution in [0.4, 0.5) is 0 Å². The molecule has 0 aliphatic carbocycles. The lowest BCUT2D eigenvalue weighted by Crippen LogP contribution is -2.09. The van der Waals surface area contributed by atoms with E-state index in [1.54, 1.807) is 18.9 Å². The monoisotopic (exact) mass is 337 g/mol. The molecule has 2 nitrogen and oxygen atoms in total. The number of ether oxygens (including phenoxy) is 1. The van der Waals surface area contributed by atoms with Crippen LogP contribution < -0.4 is 10.5 Å². The van der Waals surface area contributed by atoms with E-state index in [1.165, 1.54) is 10.5 Å². The Bertz CT molecular complexity index is 547. The number of benzene rings is 2. The summed E-state index contributed by atoms with van der Waals surface area (Å²) >= 11 is 5.25. The Morgan fingerprint density at radius 3 is 2.68 bits per heavy atom. The highest BCUT2D eigenvalue weighted by Gasteiger charge is 2.12. The van der Waals surface area contributed by atoms with E-state index in [0.717, 1.165) is 10.2 Å². The molecule has 0 saturated carbocycles. The summed E-state index contributed by atoms with van der Waals surface area (Å²) < 4.78 is 6.34. The zero-order valence-electron chi connectivity index (χ0n) is 10.7. The second kappa shape index (κ2) is 6.98.